The third kappa shape index (κ3) is 2.77. The van der Waals surface area contributed by atoms with E-state index in [1.165, 1.54) is 11.1 Å². The zero-order chi connectivity index (χ0) is 16.1. The van der Waals surface area contributed by atoms with Crippen molar-refractivity contribution in [1.29, 1.82) is 0 Å². The van der Waals surface area contributed by atoms with Crippen LogP contribution in [-0.4, -0.2) is 42.4 Å². The number of piperidine rings is 1. The van der Waals surface area contributed by atoms with Crippen molar-refractivity contribution in [3.63, 3.8) is 0 Å². The van der Waals surface area contributed by atoms with E-state index in [9.17, 15) is 5.11 Å². The van der Waals surface area contributed by atoms with Crippen LogP contribution in [0.3, 0.4) is 0 Å². The van der Waals surface area contributed by atoms with Gasteiger partial charge in [0.25, 0.3) is 0 Å². The largest absolute Gasteiger partial charge is 0.508 e. The van der Waals surface area contributed by atoms with E-state index in [0.717, 1.165) is 25.9 Å². The van der Waals surface area contributed by atoms with Gasteiger partial charge in [-0.2, -0.15) is 0 Å². The number of methoxy groups -OCH3 is 1. The Morgan fingerprint density at radius 1 is 1.35 bits per heavy atom. The number of phenols is 1. The molecular weight excluding hydrogens is 310 g/mol. The minimum absolute atomic E-state index is 0. The maximum Gasteiger partial charge on any atom is 0.115 e. The predicted molar refractivity (Wildman–Crippen MR) is 96.6 cm³/mol. The van der Waals surface area contributed by atoms with Gasteiger partial charge in [-0.05, 0) is 55.0 Å². The monoisotopic (exact) mass is 339 g/mol. The van der Waals surface area contributed by atoms with Crippen LogP contribution in [0.5, 0.6) is 5.75 Å². The van der Waals surface area contributed by atoms with Crippen molar-refractivity contribution in [1.82, 2.24) is 4.90 Å². The van der Waals surface area contributed by atoms with Crippen LogP contribution >= 0.6 is 12.4 Å². The van der Waals surface area contributed by atoms with Crippen molar-refractivity contribution in [3.05, 3.63) is 29.3 Å². The maximum absolute atomic E-state index is 9.88. The first-order valence-corrected chi connectivity index (χ1v) is 8.39. The highest BCUT2D eigenvalue weighted by atomic mass is 35.5. The molecule has 1 aromatic carbocycles. The minimum Gasteiger partial charge on any atom is -0.508 e. The van der Waals surface area contributed by atoms with Gasteiger partial charge >= 0.3 is 0 Å². The van der Waals surface area contributed by atoms with Gasteiger partial charge in [-0.15, -0.1) is 12.4 Å². The number of ether oxygens (including phenoxy) is 1. The van der Waals surface area contributed by atoms with Crippen molar-refractivity contribution in [2.24, 2.45) is 5.41 Å². The first-order valence-electron chi connectivity index (χ1n) is 8.39. The van der Waals surface area contributed by atoms with Gasteiger partial charge in [0.05, 0.1) is 6.10 Å². The molecule has 3 rings (SSSR count). The molecule has 130 valence electrons. The summed E-state index contributed by atoms with van der Waals surface area (Å²) in [6.45, 7) is 11.5. The van der Waals surface area contributed by atoms with E-state index >= 15 is 0 Å². The predicted octanol–water partition coefficient (Wildman–Crippen LogP) is 3.76. The van der Waals surface area contributed by atoms with Crippen molar-refractivity contribution < 1.29 is 9.84 Å². The fourth-order valence-corrected chi connectivity index (χ4v) is 4.65. The molecule has 1 aliphatic heterocycles. The average molecular weight is 340 g/mol. The Bertz CT molecular complexity index is 574. The summed E-state index contributed by atoms with van der Waals surface area (Å²) in [4.78, 5) is 2.60. The second-order valence-electron chi connectivity index (χ2n) is 7.91. The number of likely N-dealkylation sites (tertiary alicyclic amines) is 1. The number of benzene rings is 1. The third-order valence-electron chi connectivity index (χ3n) is 6.59. The van der Waals surface area contributed by atoms with Crippen LogP contribution in [0.25, 0.3) is 0 Å². The van der Waals surface area contributed by atoms with Gasteiger partial charge in [0.2, 0.25) is 0 Å². The van der Waals surface area contributed by atoms with Crippen molar-refractivity contribution >= 4 is 12.4 Å². The Kier molecular flexibility index (Phi) is 5.06. The van der Waals surface area contributed by atoms with Crippen molar-refractivity contribution in [3.8, 4) is 5.75 Å². The fourth-order valence-electron chi connectivity index (χ4n) is 4.65. The Balaban J connectivity index is 0.00000192. The highest BCUT2D eigenvalue weighted by molar-refractivity contribution is 5.85. The van der Waals surface area contributed by atoms with Gasteiger partial charge in [-0.1, -0.05) is 26.8 Å². The second kappa shape index (κ2) is 6.27. The molecule has 0 unspecified atom stereocenters. The summed E-state index contributed by atoms with van der Waals surface area (Å²) < 4.78 is 5.49. The average Bonchev–Trinajstić information content (AvgIpc) is 2.45. The molecule has 3 atom stereocenters. The molecule has 0 spiro atoms. The quantitative estimate of drug-likeness (QED) is 0.910. The van der Waals surface area contributed by atoms with Crippen LogP contribution in [0, 0.1) is 5.41 Å². The molecule has 23 heavy (non-hydrogen) atoms. The molecule has 1 aromatic rings. The highest BCUT2D eigenvalue weighted by Gasteiger charge is 2.55. The topological polar surface area (TPSA) is 32.7 Å². The smallest absolute Gasteiger partial charge is 0.115 e. The lowest BCUT2D eigenvalue weighted by atomic mass is 9.51. The van der Waals surface area contributed by atoms with Gasteiger partial charge in [-0.25, -0.2) is 0 Å². The maximum atomic E-state index is 9.88. The van der Waals surface area contributed by atoms with E-state index in [1.54, 1.807) is 7.11 Å². The lowest BCUT2D eigenvalue weighted by Crippen LogP contribution is -2.64. The van der Waals surface area contributed by atoms with Gasteiger partial charge in [-0.3, -0.25) is 4.90 Å². The molecule has 1 saturated heterocycles. The molecular formula is C19H30ClNO2. The van der Waals surface area contributed by atoms with E-state index in [2.05, 4.69) is 38.7 Å². The number of fused-ring (bicyclic) bond motifs is 4. The van der Waals surface area contributed by atoms with E-state index in [1.807, 2.05) is 12.1 Å². The highest BCUT2D eigenvalue weighted by Crippen LogP contribution is 2.56. The van der Waals surface area contributed by atoms with Crippen molar-refractivity contribution in [2.75, 3.05) is 20.2 Å². The summed E-state index contributed by atoms with van der Waals surface area (Å²) in [6, 6.07) is 6.47. The number of phenolic OH excluding ortho intramolecular Hbond substituents is 1. The lowest BCUT2D eigenvalue weighted by Gasteiger charge is -2.61. The number of hydrogen-bond acceptors (Lipinski definition) is 3. The van der Waals surface area contributed by atoms with Gasteiger partial charge in [0.1, 0.15) is 5.75 Å². The van der Waals surface area contributed by atoms with Gasteiger partial charge in [0.15, 0.2) is 0 Å². The molecule has 0 radical (unpaired) electrons. The summed E-state index contributed by atoms with van der Waals surface area (Å²) in [7, 11) is 1.79. The number of aromatic hydroxyl groups is 1. The first kappa shape index (κ1) is 18.6. The minimum atomic E-state index is 0. The molecule has 2 bridgehead atoms. The van der Waals surface area contributed by atoms with Crippen LogP contribution in [0.1, 0.15) is 45.2 Å². The molecule has 3 nitrogen and oxygen atoms in total. The summed E-state index contributed by atoms with van der Waals surface area (Å²) in [5.41, 5.74) is 3.14. The summed E-state index contributed by atoms with van der Waals surface area (Å²) >= 11 is 0. The molecule has 1 aliphatic carbocycles. The van der Waals surface area contributed by atoms with Crippen LogP contribution in [0.4, 0.5) is 0 Å². The zero-order valence-electron chi connectivity index (χ0n) is 14.9. The van der Waals surface area contributed by atoms with Crippen molar-refractivity contribution in [2.45, 2.75) is 58.1 Å². The van der Waals surface area contributed by atoms with Crippen LogP contribution in [-0.2, 0) is 16.6 Å². The summed E-state index contributed by atoms with van der Waals surface area (Å²) in [6.07, 6.45) is 2.43. The zero-order valence-corrected chi connectivity index (χ0v) is 15.7. The molecule has 0 aromatic heterocycles. The molecule has 4 heteroatoms. The second-order valence-corrected chi connectivity index (χ2v) is 7.91. The standard InChI is InChI=1S/C19H29NO2.ClH/c1-13(22-5)12-20-9-8-19(4)16-7-6-15(21)10-14(16)11-17(20)18(19,2)3;/h6-7,10,13,17,21H,8-9,11-12H2,1-5H3;1H/t13-,17-,19+;/m1./s1. The number of hydrogen-bond donors (Lipinski definition) is 1. The molecule has 0 saturated carbocycles. The molecule has 2 aliphatic rings. The Hall–Kier alpha value is -0.770. The Morgan fingerprint density at radius 3 is 2.70 bits per heavy atom. The molecule has 1 N–H and O–H groups in total. The van der Waals surface area contributed by atoms with E-state index < -0.39 is 0 Å². The van der Waals surface area contributed by atoms with E-state index in [0.29, 0.717) is 11.8 Å². The normalized spacial score (nSPS) is 30.2. The molecule has 1 heterocycles. The summed E-state index contributed by atoms with van der Waals surface area (Å²) in [5.74, 6) is 0.386. The van der Waals surface area contributed by atoms with Crippen LogP contribution in [0.15, 0.2) is 18.2 Å². The number of rotatable bonds is 3. The first-order chi connectivity index (χ1) is 10.3. The summed E-state index contributed by atoms with van der Waals surface area (Å²) in [5, 5.41) is 9.88. The van der Waals surface area contributed by atoms with Crippen LogP contribution < -0.4 is 0 Å². The third-order valence-corrected chi connectivity index (χ3v) is 6.59. The van der Waals surface area contributed by atoms with Crippen LogP contribution in [0.2, 0.25) is 0 Å². The lowest BCUT2D eigenvalue weighted by molar-refractivity contribution is -0.0568. The fraction of sp³-hybridized carbons (Fsp3) is 0.684. The Labute approximate surface area is 146 Å². The van der Waals surface area contributed by atoms with Gasteiger partial charge in [0, 0.05) is 25.1 Å². The SMILES string of the molecule is CO[C@H](C)CN1CC[C@@]2(C)c3ccc(O)cc3C[C@@H]1C2(C)C.Cl. The molecule has 1 fully saturated rings. The van der Waals surface area contributed by atoms with E-state index in [-0.39, 0.29) is 29.3 Å². The van der Waals surface area contributed by atoms with Gasteiger partial charge < -0.3 is 9.84 Å². The molecule has 0 amide bonds. The number of nitrogens with zero attached hydrogens (tertiary/aromatic N) is 1. The number of halogens is 1. The Morgan fingerprint density at radius 2 is 2.04 bits per heavy atom. The van der Waals surface area contributed by atoms with E-state index in [4.69, 9.17) is 4.74 Å².